The lowest BCUT2D eigenvalue weighted by atomic mass is 10.0. The van der Waals surface area contributed by atoms with Crippen molar-refractivity contribution >= 4 is 11.0 Å². The first kappa shape index (κ1) is 14.6. The maximum atomic E-state index is 4.86. The second-order valence-corrected chi connectivity index (χ2v) is 6.00. The Hall–Kier alpha value is -3.73. The highest BCUT2D eigenvalue weighted by Gasteiger charge is 2.18. The Labute approximate surface area is 150 Å². The molecule has 1 N–H and O–H groups in total. The molecule has 0 atom stereocenters. The smallest absolute Gasteiger partial charge is 0.115 e. The molecule has 0 radical (unpaired) electrons. The van der Waals surface area contributed by atoms with E-state index in [0.717, 1.165) is 39.2 Å². The van der Waals surface area contributed by atoms with Crippen molar-refractivity contribution in [3.63, 3.8) is 0 Å². The summed E-state index contributed by atoms with van der Waals surface area (Å²) in [5.74, 6) is 0. The molecule has 0 bridgehead atoms. The fraction of sp³-hybridized carbons (Fsp3) is 0. The van der Waals surface area contributed by atoms with Gasteiger partial charge >= 0.3 is 0 Å². The molecule has 5 rings (SSSR count). The molecule has 0 amide bonds. The summed E-state index contributed by atoms with van der Waals surface area (Å²) >= 11 is 0. The zero-order valence-corrected chi connectivity index (χ0v) is 13.9. The van der Waals surface area contributed by atoms with E-state index in [1.165, 1.54) is 0 Å². The van der Waals surface area contributed by atoms with Crippen molar-refractivity contribution in [1.29, 1.82) is 0 Å². The van der Waals surface area contributed by atoms with Gasteiger partial charge in [-0.3, -0.25) is 4.98 Å². The van der Waals surface area contributed by atoms with Crippen molar-refractivity contribution in [3.8, 4) is 28.2 Å². The number of pyridine rings is 1. The highest BCUT2D eigenvalue weighted by molar-refractivity contribution is 5.93. The van der Waals surface area contributed by atoms with E-state index in [-0.39, 0.29) is 0 Å². The normalized spacial score (nSPS) is 11.1. The summed E-state index contributed by atoms with van der Waals surface area (Å²) in [6.07, 6.45) is 5.51. The molecule has 5 heteroatoms. The topological polar surface area (TPSA) is 59.4 Å². The van der Waals surface area contributed by atoms with Crippen molar-refractivity contribution < 1.29 is 0 Å². The summed E-state index contributed by atoms with van der Waals surface area (Å²) in [6, 6.07) is 22.2. The molecular formula is C21H15N5. The van der Waals surface area contributed by atoms with E-state index in [1.807, 2.05) is 65.5 Å². The Morgan fingerprint density at radius 3 is 2.35 bits per heavy atom. The fourth-order valence-electron chi connectivity index (χ4n) is 3.13. The Morgan fingerprint density at radius 2 is 1.54 bits per heavy atom. The van der Waals surface area contributed by atoms with E-state index < -0.39 is 0 Å². The molecule has 0 fully saturated rings. The van der Waals surface area contributed by atoms with Crippen molar-refractivity contribution in [3.05, 3.63) is 85.5 Å². The van der Waals surface area contributed by atoms with Crippen LogP contribution in [0.2, 0.25) is 0 Å². The van der Waals surface area contributed by atoms with Crippen LogP contribution in [-0.4, -0.2) is 24.7 Å². The van der Waals surface area contributed by atoms with Crippen molar-refractivity contribution in [2.45, 2.75) is 0 Å². The molecule has 0 spiro atoms. The number of H-pyrrole nitrogens is 1. The zero-order chi connectivity index (χ0) is 17.3. The Balaban J connectivity index is 1.78. The van der Waals surface area contributed by atoms with Gasteiger partial charge < -0.3 is 4.98 Å². The van der Waals surface area contributed by atoms with Crippen LogP contribution >= 0.6 is 0 Å². The van der Waals surface area contributed by atoms with Gasteiger partial charge in [-0.2, -0.15) is 5.10 Å². The van der Waals surface area contributed by atoms with Gasteiger partial charge in [-0.25, -0.2) is 9.67 Å². The number of aromatic nitrogens is 5. The van der Waals surface area contributed by atoms with Crippen LogP contribution < -0.4 is 0 Å². The average Bonchev–Trinajstić information content (AvgIpc) is 3.36. The summed E-state index contributed by atoms with van der Waals surface area (Å²) in [5, 5.41) is 4.86. The minimum atomic E-state index is 0.824. The van der Waals surface area contributed by atoms with Crippen molar-refractivity contribution in [2.75, 3.05) is 0 Å². The lowest BCUT2D eigenvalue weighted by molar-refractivity contribution is 0.884. The molecule has 0 aliphatic heterocycles. The molecule has 26 heavy (non-hydrogen) atoms. The van der Waals surface area contributed by atoms with Crippen LogP contribution in [0, 0.1) is 0 Å². The predicted octanol–water partition coefficient (Wildman–Crippen LogP) is 4.48. The number of benzene rings is 2. The summed E-state index contributed by atoms with van der Waals surface area (Å²) in [7, 11) is 0. The monoisotopic (exact) mass is 337 g/mol. The maximum absolute atomic E-state index is 4.86. The number of imidazole rings is 1. The summed E-state index contributed by atoms with van der Waals surface area (Å²) in [5.41, 5.74) is 6.52. The summed E-state index contributed by atoms with van der Waals surface area (Å²) in [6.45, 7) is 0. The van der Waals surface area contributed by atoms with E-state index in [1.54, 1.807) is 12.5 Å². The molecule has 0 aliphatic rings. The molecule has 3 heterocycles. The minimum absolute atomic E-state index is 0.824. The fourth-order valence-corrected chi connectivity index (χ4v) is 3.13. The number of hydrogen-bond acceptors (Lipinski definition) is 3. The molecule has 2 aromatic carbocycles. The molecular weight excluding hydrogens is 322 g/mol. The summed E-state index contributed by atoms with van der Waals surface area (Å²) in [4.78, 5) is 12.2. The van der Waals surface area contributed by atoms with Gasteiger partial charge in [0, 0.05) is 23.5 Å². The van der Waals surface area contributed by atoms with Gasteiger partial charge in [0.05, 0.1) is 17.5 Å². The molecule has 124 valence electrons. The van der Waals surface area contributed by atoms with E-state index in [9.17, 15) is 0 Å². The van der Waals surface area contributed by atoms with E-state index in [4.69, 9.17) is 5.10 Å². The van der Waals surface area contributed by atoms with Crippen LogP contribution in [0.1, 0.15) is 0 Å². The van der Waals surface area contributed by atoms with Gasteiger partial charge in [0.1, 0.15) is 16.9 Å². The Kier molecular flexibility index (Phi) is 3.35. The number of para-hydroxylation sites is 1. The van der Waals surface area contributed by atoms with E-state index >= 15 is 0 Å². The van der Waals surface area contributed by atoms with Crippen LogP contribution in [0.4, 0.5) is 0 Å². The van der Waals surface area contributed by atoms with Gasteiger partial charge in [-0.05, 0) is 18.2 Å². The average molecular weight is 337 g/mol. The van der Waals surface area contributed by atoms with Gasteiger partial charge in [-0.1, -0.05) is 48.5 Å². The molecule has 5 aromatic rings. The number of rotatable bonds is 3. The minimum Gasteiger partial charge on any atom is -0.344 e. The van der Waals surface area contributed by atoms with E-state index in [2.05, 4.69) is 27.1 Å². The standard InChI is InChI=1S/C21H15N5/c1-3-7-15(8-4-1)19-17(13-26(25-19)16-9-5-2-6-10-16)20-21-18(11-12-22-20)23-14-24-21/h1-14H,(H,23,24). The first-order valence-corrected chi connectivity index (χ1v) is 8.39. The van der Waals surface area contributed by atoms with Gasteiger partial charge in [0.25, 0.3) is 0 Å². The second kappa shape index (κ2) is 5.97. The third-order valence-corrected chi connectivity index (χ3v) is 4.38. The zero-order valence-electron chi connectivity index (χ0n) is 13.9. The molecule has 0 saturated carbocycles. The first-order valence-electron chi connectivity index (χ1n) is 8.39. The lowest BCUT2D eigenvalue weighted by Crippen LogP contribution is -1.93. The van der Waals surface area contributed by atoms with Gasteiger partial charge in [0.15, 0.2) is 0 Å². The molecule has 0 aliphatic carbocycles. The third-order valence-electron chi connectivity index (χ3n) is 4.38. The third kappa shape index (κ3) is 2.38. The largest absolute Gasteiger partial charge is 0.344 e. The lowest BCUT2D eigenvalue weighted by Gasteiger charge is -2.02. The van der Waals surface area contributed by atoms with Crippen molar-refractivity contribution in [2.24, 2.45) is 0 Å². The summed E-state index contributed by atoms with van der Waals surface area (Å²) < 4.78 is 1.89. The SMILES string of the molecule is c1ccc(-c2nn(-c3ccccc3)cc2-c2nccc3[nH]cnc23)cc1. The van der Waals surface area contributed by atoms with Gasteiger partial charge in [-0.15, -0.1) is 0 Å². The van der Waals surface area contributed by atoms with Crippen LogP contribution in [-0.2, 0) is 0 Å². The van der Waals surface area contributed by atoms with Crippen LogP contribution in [0.5, 0.6) is 0 Å². The first-order chi connectivity index (χ1) is 12.9. The van der Waals surface area contributed by atoms with Crippen LogP contribution in [0.25, 0.3) is 39.2 Å². The van der Waals surface area contributed by atoms with Crippen LogP contribution in [0.15, 0.2) is 85.5 Å². The predicted molar refractivity (Wildman–Crippen MR) is 102 cm³/mol. The molecule has 3 aromatic heterocycles. The maximum Gasteiger partial charge on any atom is 0.115 e. The molecule has 0 saturated heterocycles. The number of hydrogen-bond donors (Lipinski definition) is 1. The van der Waals surface area contributed by atoms with Gasteiger partial charge in [0.2, 0.25) is 0 Å². The highest BCUT2D eigenvalue weighted by atomic mass is 15.3. The second-order valence-electron chi connectivity index (χ2n) is 6.00. The number of fused-ring (bicyclic) bond motifs is 1. The molecule has 5 nitrogen and oxygen atoms in total. The Bertz CT molecular complexity index is 1170. The van der Waals surface area contributed by atoms with E-state index in [0.29, 0.717) is 0 Å². The Morgan fingerprint density at radius 1 is 0.769 bits per heavy atom. The number of nitrogens with zero attached hydrogens (tertiary/aromatic N) is 4. The number of aromatic amines is 1. The van der Waals surface area contributed by atoms with Crippen LogP contribution in [0.3, 0.4) is 0 Å². The molecule has 0 unspecified atom stereocenters. The number of nitrogens with one attached hydrogen (secondary N) is 1. The van der Waals surface area contributed by atoms with Crippen molar-refractivity contribution in [1.82, 2.24) is 24.7 Å². The highest BCUT2D eigenvalue weighted by Crippen LogP contribution is 2.33. The quantitative estimate of drug-likeness (QED) is 0.528.